The summed E-state index contributed by atoms with van der Waals surface area (Å²) in [7, 11) is 0. The minimum absolute atomic E-state index is 0.316. The Kier molecular flexibility index (Phi) is 5.88. The highest BCUT2D eigenvalue weighted by atomic mass is 35.5. The fraction of sp³-hybridized carbons (Fsp3) is 1.00. The normalized spacial score (nSPS) is 20.6. The van der Waals surface area contributed by atoms with Crippen molar-refractivity contribution < 1.29 is 0 Å². The predicted molar refractivity (Wildman–Crippen MR) is 63.9 cm³/mol. The zero-order valence-corrected chi connectivity index (χ0v) is 10.3. The SMILES string of the molecule is CC(C)CC(Cl)CNCC1CCCC1. The second kappa shape index (κ2) is 6.68. The van der Waals surface area contributed by atoms with Gasteiger partial charge in [-0.05, 0) is 37.6 Å². The van der Waals surface area contributed by atoms with Gasteiger partial charge in [-0.25, -0.2) is 0 Å². The van der Waals surface area contributed by atoms with Gasteiger partial charge in [-0.2, -0.15) is 0 Å². The summed E-state index contributed by atoms with van der Waals surface area (Å²) in [6, 6.07) is 0. The Morgan fingerprint density at radius 2 is 1.93 bits per heavy atom. The maximum absolute atomic E-state index is 6.20. The van der Waals surface area contributed by atoms with Crippen molar-refractivity contribution in [2.24, 2.45) is 11.8 Å². The number of rotatable bonds is 6. The Hall–Kier alpha value is 0.250. The summed E-state index contributed by atoms with van der Waals surface area (Å²) in [5.74, 6) is 1.64. The summed E-state index contributed by atoms with van der Waals surface area (Å²) in [5.41, 5.74) is 0. The summed E-state index contributed by atoms with van der Waals surface area (Å²) in [6.45, 7) is 6.62. The minimum atomic E-state index is 0.316. The first-order valence-corrected chi connectivity index (χ1v) is 6.47. The second-order valence-electron chi connectivity index (χ2n) is 5.04. The van der Waals surface area contributed by atoms with Gasteiger partial charge in [0.2, 0.25) is 0 Å². The molecular formula is C12H24ClN. The van der Waals surface area contributed by atoms with Crippen molar-refractivity contribution in [3.8, 4) is 0 Å². The topological polar surface area (TPSA) is 12.0 Å². The molecule has 0 aliphatic heterocycles. The van der Waals surface area contributed by atoms with Crippen molar-refractivity contribution in [2.45, 2.75) is 51.3 Å². The molecule has 1 saturated carbocycles. The largest absolute Gasteiger partial charge is 0.315 e. The van der Waals surface area contributed by atoms with Gasteiger partial charge >= 0.3 is 0 Å². The van der Waals surface area contributed by atoms with Gasteiger partial charge in [0.25, 0.3) is 0 Å². The smallest absolute Gasteiger partial charge is 0.0463 e. The standard InChI is InChI=1S/C12H24ClN/c1-10(2)7-12(13)9-14-8-11-5-3-4-6-11/h10-12,14H,3-9H2,1-2H3. The lowest BCUT2D eigenvalue weighted by atomic mass is 10.1. The zero-order valence-electron chi connectivity index (χ0n) is 9.56. The molecule has 1 aliphatic rings. The Morgan fingerprint density at radius 3 is 2.50 bits per heavy atom. The molecule has 84 valence electrons. The molecule has 0 aromatic rings. The summed E-state index contributed by atoms with van der Waals surface area (Å²) < 4.78 is 0. The molecule has 2 heteroatoms. The lowest BCUT2D eigenvalue weighted by molar-refractivity contribution is 0.469. The van der Waals surface area contributed by atoms with Gasteiger partial charge in [-0.1, -0.05) is 26.7 Å². The Balaban J connectivity index is 1.96. The van der Waals surface area contributed by atoms with Crippen LogP contribution in [0.4, 0.5) is 0 Å². The molecule has 0 amide bonds. The first-order valence-electron chi connectivity index (χ1n) is 6.03. The van der Waals surface area contributed by atoms with Crippen LogP contribution in [0.3, 0.4) is 0 Å². The van der Waals surface area contributed by atoms with Crippen LogP contribution in [0.15, 0.2) is 0 Å². The van der Waals surface area contributed by atoms with Crippen molar-refractivity contribution in [3.05, 3.63) is 0 Å². The third-order valence-electron chi connectivity index (χ3n) is 3.00. The van der Waals surface area contributed by atoms with Crippen LogP contribution in [-0.2, 0) is 0 Å². The Labute approximate surface area is 93.6 Å². The van der Waals surface area contributed by atoms with Gasteiger partial charge in [0.05, 0.1) is 0 Å². The quantitative estimate of drug-likeness (QED) is 0.673. The van der Waals surface area contributed by atoms with Crippen LogP contribution in [0, 0.1) is 11.8 Å². The van der Waals surface area contributed by atoms with Gasteiger partial charge in [0.1, 0.15) is 0 Å². The minimum Gasteiger partial charge on any atom is -0.315 e. The van der Waals surface area contributed by atoms with E-state index in [1.807, 2.05) is 0 Å². The fourth-order valence-corrected chi connectivity index (χ4v) is 2.72. The fourth-order valence-electron chi connectivity index (χ4n) is 2.25. The summed E-state index contributed by atoms with van der Waals surface area (Å²) in [4.78, 5) is 0. The zero-order chi connectivity index (χ0) is 10.4. The summed E-state index contributed by atoms with van der Waals surface area (Å²) in [6.07, 6.45) is 6.83. The van der Waals surface area contributed by atoms with Crippen molar-refractivity contribution in [3.63, 3.8) is 0 Å². The van der Waals surface area contributed by atoms with E-state index in [1.165, 1.54) is 32.2 Å². The van der Waals surface area contributed by atoms with Crippen LogP contribution in [0.1, 0.15) is 46.0 Å². The summed E-state index contributed by atoms with van der Waals surface area (Å²) >= 11 is 6.20. The van der Waals surface area contributed by atoms with Gasteiger partial charge in [-0.3, -0.25) is 0 Å². The third-order valence-corrected chi connectivity index (χ3v) is 3.33. The lowest BCUT2D eigenvalue weighted by Crippen LogP contribution is -2.28. The maximum atomic E-state index is 6.20. The summed E-state index contributed by atoms with van der Waals surface area (Å²) in [5, 5.41) is 3.82. The number of nitrogens with one attached hydrogen (secondary N) is 1. The molecule has 1 aliphatic carbocycles. The van der Waals surface area contributed by atoms with E-state index < -0.39 is 0 Å². The van der Waals surface area contributed by atoms with Gasteiger partial charge in [0, 0.05) is 11.9 Å². The number of halogens is 1. The van der Waals surface area contributed by atoms with E-state index in [0.717, 1.165) is 18.9 Å². The van der Waals surface area contributed by atoms with Crippen molar-refractivity contribution in [1.82, 2.24) is 5.32 Å². The highest BCUT2D eigenvalue weighted by Gasteiger charge is 2.15. The number of hydrogen-bond acceptors (Lipinski definition) is 1. The van der Waals surface area contributed by atoms with E-state index in [2.05, 4.69) is 19.2 Å². The average Bonchev–Trinajstić information content (AvgIpc) is 2.55. The van der Waals surface area contributed by atoms with Crippen LogP contribution in [-0.4, -0.2) is 18.5 Å². The van der Waals surface area contributed by atoms with Crippen LogP contribution < -0.4 is 5.32 Å². The lowest BCUT2D eigenvalue weighted by Gasteiger charge is -2.15. The molecule has 0 saturated heterocycles. The number of hydrogen-bond donors (Lipinski definition) is 1. The average molecular weight is 218 g/mol. The van der Waals surface area contributed by atoms with Crippen LogP contribution in [0.2, 0.25) is 0 Å². The van der Waals surface area contributed by atoms with Gasteiger partial charge in [-0.15, -0.1) is 11.6 Å². The molecule has 0 aromatic carbocycles. The Morgan fingerprint density at radius 1 is 1.29 bits per heavy atom. The molecule has 1 fully saturated rings. The first kappa shape index (κ1) is 12.3. The van der Waals surface area contributed by atoms with Crippen molar-refractivity contribution in [1.29, 1.82) is 0 Å². The van der Waals surface area contributed by atoms with Gasteiger partial charge < -0.3 is 5.32 Å². The predicted octanol–water partition coefficient (Wildman–Crippen LogP) is 3.42. The van der Waals surface area contributed by atoms with E-state index in [4.69, 9.17) is 11.6 Å². The van der Waals surface area contributed by atoms with E-state index in [0.29, 0.717) is 11.3 Å². The molecule has 1 unspecified atom stereocenters. The van der Waals surface area contributed by atoms with E-state index in [9.17, 15) is 0 Å². The van der Waals surface area contributed by atoms with Crippen molar-refractivity contribution in [2.75, 3.05) is 13.1 Å². The van der Waals surface area contributed by atoms with Crippen molar-refractivity contribution >= 4 is 11.6 Å². The molecule has 0 spiro atoms. The van der Waals surface area contributed by atoms with E-state index in [1.54, 1.807) is 0 Å². The highest BCUT2D eigenvalue weighted by molar-refractivity contribution is 6.20. The highest BCUT2D eigenvalue weighted by Crippen LogP contribution is 2.23. The van der Waals surface area contributed by atoms with E-state index in [-0.39, 0.29) is 0 Å². The maximum Gasteiger partial charge on any atom is 0.0463 e. The van der Waals surface area contributed by atoms with Crippen LogP contribution in [0.5, 0.6) is 0 Å². The molecule has 0 radical (unpaired) electrons. The molecule has 1 N–H and O–H groups in total. The number of alkyl halides is 1. The molecule has 0 heterocycles. The molecule has 0 bridgehead atoms. The molecule has 14 heavy (non-hydrogen) atoms. The van der Waals surface area contributed by atoms with Gasteiger partial charge in [0.15, 0.2) is 0 Å². The van der Waals surface area contributed by atoms with Crippen LogP contribution in [0.25, 0.3) is 0 Å². The van der Waals surface area contributed by atoms with Crippen LogP contribution >= 0.6 is 11.6 Å². The molecule has 1 atom stereocenters. The second-order valence-corrected chi connectivity index (χ2v) is 5.65. The molecule has 1 rings (SSSR count). The third kappa shape index (κ3) is 5.21. The monoisotopic (exact) mass is 217 g/mol. The Bertz CT molecular complexity index is 141. The van der Waals surface area contributed by atoms with E-state index >= 15 is 0 Å². The first-order chi connectivity index (χ1) is 6.68. The molecule has 1 nitrogen and oxygen atoms in total. The molecule has 0 aromatic heterocycles. The molecular weight excluding hydrogens is 194 g/mol.